The average molecular weight is 346 g/mol. The van der Waals surface area contributed by atoms with E-state index in [1.807, 2.05) is 26.8 Å². The first-order chi connectivity index (χ1) is 9.80. The van der Waals surface area contributed by atoms with Crippen LogP contribution in [0, 0.1) is 6.92 Å². The number of halogens is 7. The molecular weight excluding hydrogens is 332 g/mol. The number of aryl methyl sites for hydroxylation is 1. The lowest BCUT2D eigenvalue weighted by atomic mass is 10.1. The Morgan fingerprint density at radius 1 is 1.00 bits per heavy atom. The molecule has 0 bridgehead atoms. The van der Waals surface area contributed by atoms with E-state index in [1.165, 1.54) is 0 Å². The second-order valence-corrected chi connectivity index (χ2v) is 6.98. The summed E-state index contributed by atoms with van der Waals surface area (Å²) in [4.78, 5) is 0.498. The smallest absolute Gasteiger partial charge is 0.418 e. The highest BCUT2D eigenvalue weighted by molar-refractivity contribution is 7.38. The fourth-order valence-corrected chi connectivity index (χ4v) is 4.01. The van der Waals surface area contributed by atoms with Gasteiger partial charge in [-0.2, -0.15) is 0 Å². The second kappa shape index (κ2) is 6.48. The van der Waals surface area contributed by atoms with Gasteiger partial charge in [-0.3, -0.25) is 0 Å². The maximum atomic E-state index is 13.1. The van der Waals surface area contributed by atoms with E-state index in [-0.39, 0.29) is 5.92 Å². The van der Waals surface area contributed by atoms with Crippen LogP contribution in [0.15, 0.2) is 24.3 Å². The van der Waals surface area contributed by atoms with Crippen molar-refractivity contribution in [3.63, 3.8) is 0 Å². The van der Waals surface area contributed by atoms with Gasteiger partial charge in [0.2, 0.25) is 0 Å². The molecule has 1 heterocycles. The third kappa shape index (κ3) is 5.19. The SMILES string of the molecule is Cc1ccc2c(c1)cc(C(C)C)[s+]2C(F)(F)F.F[B-](F)(F)F. The van der Waals surface area contributed by atoms with Gasteiger partial charge in [-0.15, -0.1) is 13.2 Å². The fourth-order valence-electron chi connectivity index (χ4n) is 1.97. The van der Waals surface area contributed by atoms with Crippen molar-refractivity contribution in [3.05, 3.63) is 34.7 Å². The third-order valence-electron chi connectivity index (χ3n) is 2.72. The summed E-state index contributed by atoms with van der Waals surface area (Å²) in [6.07, 6.45) is 0. The van der Waals surface area contributed by atoms with Crippen molar-refractivity contribution in [1.82, 2.24) is 0 Å². The number of thiophene rings is 1. The summed E-state index contributed by atoms with van der Waals surface area (Å²) in [5, 5.41) is 0.731. The molecule has 1 unspecified atom stereocenters. The lowest BCUT2D eigenvalue weighted by Gasteiger charge is -2.02. The highest BCUT2D eigenvalue weighted by Gasteiger charge is 2.48. The predicted molar refractivity (Wildman–Crippen MR) is 76.7 cm³/mol. The van der Waals surface area contributed by atoms with Crippen molar-refractivity contribution in [2.45, 2.75) is 32.2 Å². The summed E-state index contributed by atoms with van der Waals surface area (Å²) in [5.41, 5.74) is -3.17. The van der Waals surface area contributed by atoms with E-state index in [4.69, 9.17) is 0 Å². The van der Waals surface area contributed by atoms with Crippen molar-refractivity contribution in [2.24, 2.45) is 0 Å². The standard InChI is InChI=1S/C13H14F3S.BF4/c1-8(2)12-7-10-6-9(3)4-5-11(10)17(12)13(14,15)16;2-1(3,4)5/h4-8H,1-3H3;/q+1;-1. The molecule has 0 saturated carbocycles. The number of benzene rings is 1. The summed E-state index contributed by atoms with van der Waals surface area (Å²) in [6, 6.07) is 6.91. The van der Waals surface area contributed by atoms with E-state index >= 15 is 0 Å². The first-order valence-electron chi connectivity index (χ1n) is 6.31. The molecular formula is C13H14BF7S. The van der Waals surface area contributed by atoms with Gasteiger partial charge in [-0.05, 0) is 19.1 Å². The Morgan fingerprint density at radius 3 is 1.91 bits per heavy atom. The Bertz CT molecular complexity index is 634. The fraction of sp³-hybridized carbons (Fsp3) is 0.385. The van der Waals surface area contributed by atoms with E-state index in [1.54, 1.807) is 18.2 Å². The van der Waals surface area contributed by atoms with Gasteiger partial charge in [0.25, 0.3) is 0 Å². The summed E-state index contributed by atoms with van der Waals surface area (Å²) in [7, 11) is -7.73. The van der Waals surface area contributed by atoms with E-state index in [0.29, 0.717) is 9.58 Å². The van der Waals surface area contributed by atoms with Crippen LogP contribution in [-0.4, -0.2) is 7.25 Å². The Morgan fingerprint density at radius 2 is 1.50 bits per heavy atom. The van der Waals surface area contributed by atoms with Crippen LogP contribution in [0.1, 0.15) is 30.2 Å². The number of fused-ring (bicyclic) bond motifs is 1. The molecule has 0 aliphatic carbocycles. The Balaban J connectivity index is 0.000000422. The predicted octanol–water partition coefficient (Wildman–Crippen LogP) is 6.80. The van der Waals surface area contributed by atoms with Crippen molar-refractivity contribution >= 4 is 27.8 Å². The molecule has 0 radical (unpaired) electrons. The first kappa shape index (κ1) is 18.8. The molecule has 0 nitrogen and oxygen atoms in total. The van der Waals surface area contributed by atoms with Crippen LogP contribution in [-0.2, 0) is 5.51 Å². The molecule has 0 saturated heterocycles. The van der Waals surface area contributed by atoms with Crippen LogP contribution >= 0.6 is 10.5 Å². The maximum Gasteiger partial charge on any atom is 0.673 e. The summed E-state index contributed by atoms with van der Waals surface area (Å²) in [5.74, 6) is -0.0762. The van der Waals surface area contributed by atoms with Gasteiger partial charge in [-0.25, -0.2) is 0 Å². The molecule has 0 N–H and O–H groups in total. The topological polar surface area (TPSA) is 0 Å². The molecule has 1 aromatic heterocycles. The highest BCUT2D eigenvalue weighted by atomic mass is 32.2. The number of alkyl halides is 3. The van der Waals surface area contributed by atoms with Gasteiger partial charge in [0.1, 0.15) is 0 Å². The van der Waals surface area contributed by atoms with Gasteiger partial charge in [-0.1, -0.05) is 25.5 Å². The van der Waals surface area contributed by atoms with Gasteiger partial charge >= 0.3 is 12.8 Å². The van der Waals surface area contributed by atoms with Crippen LogP contribution in [0.4, 0.5) is 30.4 Å². The quantitative estimate of drug-likeness (QED) is 0.303. The van der Waals surface area contributed by atoms with Crippen molar-refractivity contribution in [1.29, 1.82) is 0 Å². The summed E-state index contributed by atoms with van der Waals surface area (Å²) >= 11 is 0. The van der Waals surface area contributed by atoms with E-state index in [0.717, 1.165) is 10.9 Å². The summed E-state index contributed by atoms with van der Waals surface area (Å²) < 4.78 is 78.8. The minimum Gasteiger partial charge on any atom is -0.418 e. The maximum absolute atomic E-state index is 13.1. The van der Waals surface area contributed by atoms with Gasteiger partial charge in [0.05, 0.1) is 10.5 Å². The largest absolute Gasteiger partial charge is 0.673 e. The molecule has 0 spiro atoms. The molecule has 0 amide bonds. The molecule has 1 aromatic carbocycles. The summed E-state index contributed by atoms with van der Waals surface area (Å²) in [6.45, 7) is 5.53. The van der Waals surface area contributed by atoms with Gasteiger partial charge in [0, 0.05) is 17.4 Å². The van der Waals surface area contributed by atoms with Crippen LogP contribution in [0.2, 0.25) is 0 Å². The van der Waals surface area contributed by atoms with E-state index in [2.05, 4.69) is 0 Å². The number of hydrogen-bond acceptors (Lipinski definition) is 0. The molecule has 0 fully saturated rings. The molecule has 9 heteroatoms. The molecule has 2 rings (SSSR count). The molecule has 0 aliphatic heterocycles. The van der Waals surface area contributed by atoms with Crippen molar-refractivity contribution < 1.29 is 30.4 Å². The van der Waals surface area contributed by atoms with Gasteiger partial charge in [0.15, 0.2) is 9.58 Å². The number of rotatable bonds is 1. The first-order valence-corrected chi connectivity index (χ1v) is 7.54. The minimum atomic E-state index is -6.00. The van der Waals surface area contributed by atoms with Crippen LogP contribution in [0.25, 0.3) is 10.1 Å². The monoisotopic (exact) mass is 346 g/mol. The molecule has 2 aromatic rings. The zero-order valence-electron chi connectivity index (χ0n) is 12.0. The van der Waals surface area contributed by atoms with E-state index in [9.17, 15) is 30.4 Å². The molecule has 124 valence electrons. The third-order valence-corrected chi connectivity index (χ3v) is 5.05. The average Bonchev–Trinajstić information content (AvgIpc) is 2.64. The van der Waals surface area contributed by atoms with Crippen LogP contribution in [0.3, 0.4) is 0 Å². The zero-order valence-corrected chi connectivity index (χ0v) is 12.8. The van der Waals surface area contributed by atoms with E-state index < -0.39 is 23.2 Å². The highest BCUT2D eigenvalue weighted by Crippen LogP contribution is 2.52. The lowest BCUT2D eigenvalue weighted by Crippen LogP contribution is -2.02. The molecule has 1 atom stereocenters. The lowest BCUT2D eigenvalue weighted by molar-refractivity contribution is -0.0868. The Kier molecular flexibility index (Phi) is 5.54. The van der Waals surface area contributed by atoms with Crippen molar-refractivity contribution in [3.8, 4) is 0 Å². The Hall–Kier alpha value is -1.25. The zero-order chi connectivity index (χ0) is 17.3. The van der Waals surface area contributed by atoms with Crippen LogP contribution < -0.4 is 0 Å². The molecule has 0 aliphatic rings. The van der Waals surface area contributed by atoms with Crippen molar-refractivity contribution in [2.75, 3.05) is 0 Å². The second-order valence-electron chi connectivity index (χ2n) is 4.99. The minimum absolute atomic E-state index is 0.0762. The number of hydrogen-bond donors (Lipinski definition) is 0. The molecule has 22 heavy (non-hydrogen) atoms. The van der Waals surface area contributed by atoms with Crippen LogP contribution in [0.5, 0.6) is 0 Å². The Labute approximate surface area is 126 Å². The van der Waals surface area contributed by atoms with Gasteiger partial charge < -0.3 is 17.3 Å². The normalized spacial score (nSPS) is 13.3.